The molecule has 1 N–H and O–H groups in total. The van der Waals surface area contributed by atoms with Gasteiger partial charge in [-0.05, 0) is 41.8 Å². The second-order valence-corrected chi connectivity index (χ2v) is 8.02. The van der Waals surface area contributed by atoms with E-state index in [1.54, 1.807) is 17.5 Å². The fourth-order valence-corrected chi connectivity index (χ4v) is 4.50. The molecule has 1 fully saturated rings. The monoisotopic (exact) mass is 461 g/mol. The average Bonchev–Trinajstić information content (AvgIpc) is 3.37. The van der Waals surface area contributed by atoms with Crippen LogP contribution in [0.5, 0.6) is 5.75 Å². The number of anilines is 1. The molecule has 0 saturated carbocycles. The molecule has 1 unspecified atom stereocenters. The highest BCUT2D eigenvalue weighted by atomic mass is 35.5. The number of rotatable bonds is 4. The van der Waals surface area contributed by atoms with Gasteiger partial charge in [0.1, 0.15) is 17.6 Å². The molecule has 0 bridgehead atoms. The van der Waals surface area contributed by atoms with Gasteiger partial charge in [0.15, 0.2) is 11.6 Å². The second kappa shape index (κ2) is 8.13. The van der Waals surface area contributed by atoms with Gasteiger partial charge >= 0.3 is 0 Å². The third-order valence-electron chi connectivity index (χ3n) is 4.86. The number of methoxy groups -OCH3 is 1. The van der Waals surface area contributed by atoms with Crippen LogP contribution in [0, 0.1) is 11.6 Å². The Morgan fingerprint density at radius 1 is 1.13 bits per heavy atom. The zero-order valence-electron chi connectivity index (χ0n) is 15.9. The Hall–Kier alpha value is -3.23. The second-order valence-electron chi connectivity index (χ2n) is 6.63. The first-order valence-corrected chi connectivity index (χ1v) is 10.2. The molecular weight excluding hydrogens is 448 g/mol. The largest absolute Gasteiger partial charge is 0.507 e. The number of ether oxygens (including phenoxy) is 1. The number of carbonyl (C=O) groups is 2. The van der Waals surface area contributed by atoms with Gasteiger partial charge in [0, 0.05) is 22.2 Å². The first-order valence-electron chi connectivity index (χ1n) is 8.97. The average molecular weight is 462 g/mol. The Balaban J connectivity index is 1.91. The molecule has 4 rings (SSSR count). The fraction of sp³-hybridized carbons (Fsp3) is 0.0909. The van der Waals surface area contributed by atoms with Crippen molar-refractivity contribution in [1.82, 2.24) is 0 Å². The van der Waals surface area contributed by atoms with Crippen LogP contribution in [0.2, 0.25) is 5.02 Å². The number of carbonyl (C=O) groups excluding carboxylic acids is 2. The summed E-state index contributed by atoms with van der Waals surface area (Å²) in [6.07, 6.45) is 0. The van der Waals surface area contributed by atoms with Crippen molar-refractivity contribution in [1.29, 1.82) is 0 Å². The van der Waals surface area contributed by atoms with E-state index in [1.807, 2.05) is 0 Å². The molecule has 0 radical (unpaired) electrons. The van der Waals surface area contributed by atoms with Crippen LogP contribution in [0.4, 0.5) is 14.5 Å². The number of halogens is 3. The minimum absolute atomic E-state index is 0.00814. The van der Waals surface area contributed by atoms with Gasteiger partial charge < -0.3 is 9.84 Å². The number of amides is 1. The van der Waals surface area contributed by atoms with E-state index in [0.717, 1.165) is 17.0 Å². The van der Waals surface area contributed by atoms with Crippen molar-refractivity contribution in [3.63, 3.8) is 0 Å². The fourth-order valence-electron chi connectivity index (χ4n) is 3.42. The summed E-state index contributed by atoms with van der Waals surface area (Å²) in [4.78, 5) is 27.4. The van der Waals surface area contributed by atoms with Crippen LogP contribution >= 0.6 is 22.9 Å². The normalized spacial score (nSPS) is 17.9. The van der Waals surface area contributed by atoms with Crippen LogP contribution in [-0.2, 0) is 9.59 Å². The summed E-state index contributed by atoms with van der Waals surface area (Å²) < 4.78 is 32.4. The van der Waals surface area contributed by atoms with Crippen molar-refractivity contribution in [3.05, 3.63) is 86.6 Å². The highest BCUT2D eigenvalue weighted by Crippen LogP contribution is 2.44. The molecule has 1 aliphatic rings. The first-order chi connectivity index (χ1) is 14.8. The van der Waals surface area contributed by atoms with Gasteiger partial charge in [-0.1, -0.05) is 17.7 Å². The zero-order valence-corrected chi connectivity index (χ0v) is 17.5. The lowest BCUT2D eigenvalue weighted by Crippen LogP contribution is -2.29. The number of aliphatic hydroxyl groups excluding tert-OH is 1. The van der Waals surface area contributed by atoms with Crippen molar-refractivity contribution in [2.24, 2.45) is 0 Å². The van der Waals surface area contributed by atoms with E-state index in [4.69, 9.17) is 16.3 Å². The Bertz CT molecular complexity index is 1230. The van der Waals surface area contributed by atoms with Crippen LogP contribution in [0.15, 0.2) is 59.5 Å². The maximum Gasteiger partial charge on any atom is 0.300 e. The lowest BCUT2D eigenvalue weighted by atomic mass is 9.99. The van der Waals surface area contributed by atoms with Crippen LogP contribution in [0.1, 0.15) is 16.5 Å². The molecular formula is C22H14ClF2NO4S. The zero-order chi connectivity index (χ0) is 22.3. The SMILES string of the molecule is COc1ccc(/C(O)=C2/C(=O)C(=O)N(c3ccc(F)c(F)c3)C2c2cccs2)cc1Cl. The maximum absolute atomic E-state index is 13.9. The third-order valence-corrected chi connectivity index (χ3v) is 6.08. The summed E-state index contributed by atoms with van der Waals surface area (Å²) in [6, 6.07) is 9.72. The highest BCUT2D eigenvalue weighted by molar-refractivity contribution is 7.10. The molecule has 158 valence electrons. The Morgan fingerprint density at radius 2 is 1.90 bits per heavy atom. The molecule has 1 aromatic heterocycles. The summed E-state index contributed by atoms with van der Waals surface area (Å²) in [5.41, 5.74) is 0.0141. The van der Waals surface area contributed by atoms with Gasteiger partial charge in [-0.3, -0.25) is 14.5 Å². The van der Waals surface area contributed by atoms with Crippen molar-refractivity contribution >= 4 is 46.1 Å². The first kappa shape index (κ1) is 21.0. The molecule has 3 aromatic rings. The number of hydrogen-bond donors (Lipinski definition) is 1. The van der Waals surface area contributed by atoms with Crippen molar-refractivity contribution in [2.75, 3.05) is 12.0 Å². The van der Waals surface area contributed by atoms with Crippen molar-refractivity contribution in [3.8, 4) is 5.75 Å². The molecule has 1 aliphatic heterocycles. The topological polar surface area (TPSA) is 66.8 Å². The van der Waals surface area contributed by atoms with Gasteiger partial charge in [-0.15, -0.1) is 11.3 Å². The number of Topliss-reactive ketones (excluding diaryl/α,β-unsaturated/α-hetero) is 1. The maximum atomic E-state index is 13.9. The predicted octanol–water partition coefficient (Wildman–Crippen LogP) is 5.31. The van der Waals surface area contributed by atoms with E-state index in [9.17, 15) is 23.5 Å². The van der Waals surface area contributed by atoms with Crippen LogP contribution in [0.25, 0.3) is 5.76 Å². The molecule has 1 saturated heterocycles. The highest BCUT2D eigenvalue weighted by Gasteiger charge is 2.47. The van der Waals surface area contributed by atoms with Gasteiger partial charge in [0.2, 0.25) is 0 Å². The molecule has 2 heterocycles. The molecule has 1 atom stereocenters. The molecule has 0 aliphatic carbocycles. The van der Waals surface area contributed by atoms with E-state index >= 15 is 0 Å². The quantitative estimate of drug-likeness (QED) is 0.324. The number of aliphatic hydroxyl groups is 1. The van der Waals surface area contributed by atoms with E-state index in [-0.39, 0.29) is 21.8 Å². The van der Waals surface area contributed by atoms with Gasteiger partial charge in [-0.25, -0.2) is 8.78 Å². The number of ketones is 1. The molecule has 0 spiro atoms. The Kier molecular flexibility index (Phi) is 5.51. The summed E-state index contributed by atoms with van der Waals surface area (Å²) >= 11 is 7.39. The molecule has 1 amide bonds. The molecule has 2 aromatic carbocycles. The van der Waals surface area contributed by atoms with E-state index < -0.39 is 35.1 Å². The smallest absolute Gasteiger partial charge is 0.300 e. The van der Waals surface area contributed by atoms with Gasteiger partial charge in [0.05, 0.1) is 17.7 Å². The van der Waals surface area contributed by atoms with Crippen molar-refractivity contribution < 1.29 is 28.2 Å². The van der Waals surface area contributed by atoms with Crippen LogP contribution in [-0.4, -0.2) is 23.9 Å². The van der Waals surface area contributed by atoms with E-state index in [0.29, 0.717) is 10.6 Å². The Labute approximate surface area is 184 Å². The lowest BCUT2D eigenvalue weighted by Gasteiger charge is -2.24. The van der Waals surface area contributed by atoms with E-state index in [1.165, 1.54) is 42.7 Å². The molecule has 31 heavy (non-hydrogen) atoms. The summed E-state index contributed by atoms with van der Waals surface area (Å²) in [5, 5.41) is 12.9. The predicted molar refractivity (Wildman–Crippen MR) is 113 cm³/mol. The Morgan fingerprint density at radius 3 is 2.52 bits per heavy atom. The lowest BCUT2D eigenvalue weighted by molar-refractivity contribution is -0.132. The summed E-state index contributed by atoms with van der Waals surface area (Å²) in [7, 11) is 1.44. The van der Waals surface area contributed by atoms with E-state index in [2.05, 4.69) is 0 Å². The molecule has 9 heteroatoms. The number of thiophene rings is 1. The van der Waals surface area contributed by atoms with Gasteiger partial charge in [-0.2, -0.15) is 0 Å². The van der Waals surface area contributed by atoms with Crippen molar-refractivity contribution in [2.45, 2.75) is 6.04 Å². The summed E-state index contributed by atoms with van der Waals surface area (Å²) in [5.74, 6) is -4.23. The van der Waals surface area contributed by atoms with Crippen LogP contribution in [0.3, 0.4) is 0 Å². The standard InChI is InChI=1S/C22H14ClF2NO4S/c1-30-16-7-4-11(9-13(16)23)20(27)18-19(17-3-2-8-31-17)26(22(29)21(18)28)12-5-6-14(24)15(25)10-12/h2-10,19,27H,1H3/b20-18-. The third kappa shape index (κ3) is 3.58. The minimum atomic E-state index is -1.16. The van der Waals surface area contributed by atoms with Gasteiger partial charge in [0.25, 0.3) is 11.7 Å². The number of benzene rings is 2. The minimum Gasteiger partial charge on any atom is -0.507 e. The number of nitrogens with zero attached hydrogens (tertiary/aromatic N) is 1. The summed E-state index contributed by atoms with van der Waals surface area (Å²) in [6.45, 7) is 0. The molecule has 5 nitrogen and oxygen atoms in total. The van der Waals surface area contributed by atoms with Crippen LogP contribution < -0.4 is 9.64 Å². The number of hydrogen-bond acceptors (Lipinski definition) is 5.